The van der Waals surface area contributed by atoms with Crippen molar-refractivity contribution in [1.82, 2.24) is 20.8 Å². The molecule has 2 heterocycles. The summed E-state index contributed by atoms with van der Waals surface area (Å²) >= 11 is 0. The normalized spacial score (nSPS) is 26.4. The molecule has 0 spiro atoms. The van der Waals surface area contributed by atoms with Gasteiger partial charge in [-0.1, -0.05) is 0 Å². The van der Waals surface area contributed by atoms with Crippen molar-refractivity contribution in [2.75, 3.05) is 19.7 Å². The second-order valence-electron chi connectivity index (χ2n) is 7.00. The van der Waals surface area contributed by atoms with Gasteiger partial charge in [-0.2, -0.15) is 5.10 Å². The molecule has 6 heteroatoms. The van der Waals surface area contributed by atoms with Crippen LogP contribution in [0.25, 0.3) is 0 Å². The number of piperidine rings is 1. The Morgan fingerprint density at radius 3 is 2.86 bits per heavy atom. The molecule has 0 bridgehead atoms. The summed E-state index contributed by atoms with van der Waals surface area (Å²) in [5.74, 6) is 2.07. The van der Waals surface area contributed by atoms with Crippen LogP contribution in [0, 0.1) is 24.7 Å². The van der Waals surface area contributed by atoms with Gasteiger partial charge in [0, 0.05) is 23.4 Å². The molecule has 2 fully saturated rings. The third-order valence-corrected chi connectivity index (χ3v) is 4.70. The molecule has 1 saturated heterocycles. The molecule has 0 aromatic carbocycles. The summed E-state index contributed by atoms with van der Waals surface area (Å²) < 4.78 is 5.67. The van der Waals surface area contributed by atoms with Gasteiger partial charge in [-0.25, -0.2) is 0 Å². The predicted octanol–water partition coefficient (Wildman–Crippen LogP) is 0.914. The molecule has 1 aliphatic carbocycles. The lowest BCUT2D eigenvalue weighted by atomic mass is 10.0. The van der Waals surface area contributed by atoms with Crippen LogP contribution < -0.4 is 15.4 Å². The van der Waals surface area contributed by atoms with E-state index < -0.39 is 0 Å². The van der Waals surface area contributed by atoms with E-state index in [2.05, 4.69) is 20.8 Å². The first-order valence-electron chi connectivity index (χ1n) is 7.92. The first-order valence-corrected chi connectivity index (χ1v) is 7.92. The van der Waals surface area contributed by atoms with E-state index in [4.69, 9.17) is 4.74 Å². The fraction of sp³-hybridized carbons (Fsp3) is 0.688. The average molecular weight is 304 g/mol. The summed E-state index contributed by atoms with van der Waals surface area (Å²) in [4.78, 5) is 12.3. The number of rotatable bonds is 6. The van der Waals surface area contributed by atoms with Crippen molar-refractivity contribution < 1.29 is 9.53 Å². The van der Waals surface area contributed by atoms with E-state index >= 15 is 0 Å². The third-order valence-electron chi connectivity index (χ3n) is 4.70. The molecule has 3 atom stereocenters. The number of carbonyl (C=O) groups is 1. The van der Waals surface area contributed by atoms with Gasteiger partial charge in [0.15, 0.2) is 0 Å². The van der Waals surface area contributed by atoms with E-state index in [-0.39, 0.29) is 17.4 Å². The second kappa shape index (κ2) is 5.83. The minimum absolute atomic E-state index is 0.192. The zero-order valence-corrected chi connectivity index (χ0v) is 13.4. The molecular weight excluding hydrogens is 280 g/mol. The summed E-state index contributed by atoms with van der Waals surface area (Å²) in [6.07, 6.45) is 2.38. The fourth-order valence-electron chi connectivity index (χ4n) is 3.21. The van der Waals surface area contributed by atoms with Gasteiger partial charge in [-0.15, -0.1) is 5.10 Å². The molecule has 1 aromatic rings. The molecule has 1 amide bonds. The van der Waals surface area contributed by atoms with Crippen LogP contribution in [-0.4, -0.2) is 41.3 Å². The van der Waals surface area contributed by atoms with Gasteiger partial charge in [-0.05, 0) is 51.8 Å². The van der Waals surface area contributed by atoms with Crippen LogP contribution in [0.1, 0.15) is 25.8 Å². The Kier molecular flexibility index (Phi) is 4.04. The number of nitrogens with one attached hydrogen (secondary N) is 2. The average Bonchev–Trinajstić information content (AvgIpc) is 2.94. The molecule has 1 unspecified atom stereocenters. The van der Waals surface area contributed by atoms with Crippen LogP contribution >= 0.6 is 0 Å². The molecule has 0 radical (unpaired) electrons. The van der Waals surface area contributed by atoms with Crippen LogP contribution in [0.2, 0.25) is 0 Å². The molecule has 22 heavy (non-hydrogen) atoms. The van der Waals surface area contributed by atoms with Crippen molar-refractivity contribution >= 4 is 5.91 Å². The minimum Gasteiger partial charge on any atom is -0.476 e. The Morgan fingerprint density at radius 2 is 2.18 bits per heavy atom. The van der Waals surface area contributed by atoms with Gasteiger partial charge in [0.1, 0.15) is 0 Å². The first kappa shape index (κ1) is 15.2. The lowest BCUT2D eigenvalue weighted by Crippen LogP contribution is -2.46. The van der Waals surface area contributed by atoms with E-state index in [0.29, 0.717) is 24.3 Å². The Morgan fingerprint density at radius 1 is 1.45 bits per heavy atom. The summed E-state index contributed by atoms with van der Waals surface area (Å²) in [6.45, 7) is 8.49. The Labute approximate surface area is 131 Å². The number of aromatic nitrogens is 2. The van der Waals surface area contributed by atoms with Crippen LogP contribution in [0.5, 0.6) is 5.88 Å². The SMILES string of the molecule is Cc1ccnnc1OCCC(C)(C)NC(=O)C1[C@H]2CNC[C@@H]12. The third kappa shape index (κ3) is 3.21. The van der Waals surface area contributed by atoms with Crippen LogP contribution in [0.3, 0.4) is 0 Å². The van der Waals surface area contributed by atoms with Gasteiger partial charge in [0.05, 0.1) is 12.8 Å². The quantitative estimate of drug-likeness (QED) is 0.817. The van der Waals surface area contributed by atoms with Crippen molar-refractivity contribution in [2.24, 2.45) is 17.8 Å². The molecule has 120 valence electrons. The first-order chi connectivity index (χ1) is 10.5. The van der Waals surface area contributed by atoms with E-state index in [1.165, 1.54) is 0 Å². The number of amides is 1. The maximum atomic E-state index is 12.3. The summed E-state index contributed by atoms with van der Waals surface area (Å²) in [5.41, 5.74) is 0.687. The van der Waals surface area contributed by atoms with Gasteiger partial charge in [0.25, 0.3) is 0 Å². The second-order valence-corrected chi connectivity index (χ2v) is 7.00. The molecule has 1 saturated carbocycles. The Balaban J connectivity index is 1.45. The van der Waals surface area contributed by atoms with Gasteiger partial charge < -0.3 is 15.4 Å². The molecule has 1 aliphatic heterocycles. The number of fused-ring (bicyclic) bond motifs is 1. The van der Waals surface area contributed by atoms with Crippen molar-refractivity contribution in [3.63, 3.8) is 0 Å². The fourth-order valence-corrected chi connectivity index (χ4v) is 3.21. The number of hydrogen-bond acceptors (Lipinski definition) is 5. The smallest absolute Gasteiger partial charge is 0.236 e. The molecule has 6 nitrogen and oxygen atoms in total. The highest BCUT2D eigenvalue weighted by Crippen LogP contribution is 2.48. The zero-order chi connectivity index (χ0) is 15.7. The summed E-state index contributed by atoms with van der Waals surface area (Å²) in [7, 11) is 0. The molecular formula is C16H24N4O2. The highest BCUT2D eigenvalue weighted by Gasteiger charge is 2.57. The van der Waals surface area contributed by atoms with Crippen LogP contribution in [0.4, 0.5) is 0 Å². The topological polar surface area (TPSA) is 76.1 Å². The standard InChI is InChI=1S/C16H24N4O2/c1-10-4-6-18-20-15(10)22-7-5-16(2,3)19-14(21)13-11-8-17-9-12(11)13/h4,6,11-13,17H,5,7-9H2,1-3H3,(H,19,21)/t11-,12+,13?. The van der Waals surface area contributed by atoms with E-state index in [1.807, 2.05) is 26.8 Å². The lowest BCUT2D eigenvalue weighted by Gasteiger charge is -2.26. The van der Waals surface area contributed by atoms with E-state index in [1.54, 1.807) is 6.20 Å². The van der Waals surface area contributed by atoms with Gasteiger partial charge in [0.2, 0.25) is 11.8 Å². The van der Waals surface area contributed by atoms with Crippen molar-refractivity contribution in [3.8, 4) is 5.88 Å². The Hall–Kier alpha value is -1.69. The summed E-state index contributed by atoms with van der Waals surface area (Å²) in [5, 5.41) is 14.3. The number of hydrogen-bond donors (Lipinski definition) is 2. The van der Waals surface area contributed by atoms with Crippen molar-refractivity contribution in [2.45, 2.75) is 32.7 Å². The largest absolute Gasteiger partial charge is 0.476 e. The monoisotopic (exact) mass is 304 g/mol. The van der Waals surface area contributed by atoms with Crippen LogP contribution in [0.15, 0.2) is 12.3 Å². The van der Waals surface area contributed by atoms with Crippen LogP contribution in [-0.2, 0) is 4.79 Å². The summed E-state index contributed by atoms with van der Waals surface area (Å²) in [6, 6.07) is 1.87. The van der Waals surface area contributed by atoms with Crippen molar-refractivity contribution in [1.29, 1.82) is 0 Å². The highest BCUT2D eigenvalue weighted by molar-refractivity contribution is 5.83. The van der Waals surface area contributed by atoms with Crippen molar-refractivity contribution in [3.05, 3.63) is 17.8 Å². The number of nitrogens with zero attached hydrogens (tertiary/aromatic N) is 2. The van der Waals surface area contributed by atoms with E-state index in [0.717, 1.165) is 25.1 Å². The maximum Gasteiger partial charge on any atom is 0.236 e. The molecule has 3 rings (SSSR count). The zero-order valence-electron chi connectivity index (χ0n) is 13.4. The lowest BCUT2D eigenvalue weighted by molar-refractivity contribution is -0.124. The molecule has 2 N–H and O–H groups in total. The van der Waals surface area contributed by atoms with Gasteiger partial charge >= 0.3 is 0 Å². The number of carbonyl (C=O) groups excluding carboxylic acids is 1. The number of ether oxygens (including phenoxy) is 1. The van der Waals surface area contributed by atoms with E-state index in [9.17, 15) is 4.79 Å². The number of aryl methyl sites for hydroxylation is 1. The highest BCUT2D eigenvalue weighted by atomic mass is 16.5. The molecule has 2 aliphatic rings. The maximum absolute atomic E-state index is 12.3. The predicted molar refractivity (Wildman–Crippen MR) is 82.4 cm³/mol. The van der Waals surface area contributed by atoms with Gasteiger partial charge in [-0.3, -0.25) is 4.79 Å². The molecule has 1 aromatic heterocycles. The minimum atomic E-state index is -0.280. The Bertz CT molecular complexity index is 551.